The van der Waals surface area contributed by atoms with Crippen molar-refractivity contribution in [2.75, 3.05) is 0 Å². The van der Waals surface area contributed by atoms with E-state index in [1.807, 2.05) is 0 Å². The topological polar surface area (TPSA) is 69.1 Å². The summed E-state index contributed by atoms with van der Waals surface area (Å²) in [6.07, 6.45) is 5.14. The first-order chi connectivity index (χ1) is 9.83. The van der Waals surface area contributed by atoms with Crippen LogP contribution in [0.25, 0.3) is 0 Å². The summed E-state index contributed by atoms with van der Waals surface area (Å²) in [6, 6.07) is 2.94. The minimum Gasteiger partial charge on any atom is -0.370 e. The molecule has 3 nitrogen and oxygen atoms in total. The van der Waals surface area contributed by atoms with E-state index in [2.05, 4.69) is 0 Å². The van der Waals surface area contributed by atoms with Gasteiger partial charge in [0.25, 0.3) is 0 Å². The third-order valence-electron chi connectivity index (χ3n) is 4.28. The molecule has 0 spiro atoms. The van der Waals surface area contributed by atoms with Gasteiger partial charge in [0.15, 0.2) is 0 Å². The summed E-state index contributed by atoms with van der Waals surface area (Å²) in [5.74, 6) is -0.280. The first-order valence-corrected chi connectivity index (χ1v) is 8.15. The second-order valence-corrected chi connectivity index (χ2v) is 7.19. The number of carbonyl (C=O) groups is 1. The number of amides is 1. The molecule has 1 aliphatic carbocycles. The molecule has 0 heterocycles. The summed E-state index contributed by atoms with van der Waals surface area (Å²) in [6.45, 7) is 0. The zero-order chi connectivity index (χ0) is 15.6. The number of primary amides is 1. The van der Waals surface area contributed by atoms with Crippen molar-refractivity contribution < 1.29 is 4.79 Å². The predicted octanol–water partition coefficient (Wildman–Crippen LogP) is 4.47. The Kier molecular flexibility index (Phi) is 5.42. The van der Waals surface area contributed by atoms with E-state index >= 15 is 0 Å². The average molecular weight is 350 g/mol. The normalized spacial score (nSPS) is 18.7. The summed E-state index contributed by atoms with van der Waals surface area (Å²) >= 11 is 18.4. The van der Waals surface area contributed by atoms with Gasteiger partial charge in [0.05, 0.1) is 0 Å². The molecular formula is C15H19Cl3N2O. The standard InChI is InChI=1S/C15H19Cl3N2O/c16-9-5-10(17)14(11(18)6-9)12(19)7-15(8-13(20)21)3-1-2-4-15/h5-6,12H,1-4,7-8,19H2,(H2,20,21). The number of rotatable bonds is 5. The molecule has 1 unspecified atom stereocenters. The van der Waals surface area contributed by atoms with Gasteiger partial charge in [-0.1, -0.05) is 47.6 Å². The maximum atomic E-state index is 11.4. The van der Waals surface area contributed by atoms with Crippen LogP contribution in [-0.2, 0) is 4.79 Å². The molecule has 0 aliphatic heterocycles. The van der Waals surface area contributed by atoms with Crippen molar-refractivity contribution >= 4 is 40.7 Å². The summed E-state index contributed by atoms with van der Waals surface area (Å²) in [5.41, 5.74) is 12.3. The number of benzene rings is 1. The van der Waals surface area contributed by atoms with Crippen LogP contribution in [0.5, 0.6) is 0 Å². The Balaban J connectivity index is 2.23. The number of hydrogen-bond donors (Lipinski definition) is 2. The maximum absolute atomic E-state index is 11.4. The monoisotopic (exact) mass is 348 g/mol. The third kappa shape index (κ3) is 4.04. The first kappa shape index (κ1) is 16.9. The Morgan fingerprint density at radius 3 is 2.19 bits per heavy atom. The summed E-state index contributed by atoms with van der Waals surface area (Å²) in [5, 5.41) is 1.41. The van der Waals surface area contributed by atoms with E-state index in [4.69, 9.17) is 46.3 Å². The molecule has 0 bridgehead atoms. The highest BCUT2D eigenvalue weighted by Crippen LogP contribution is 2.48. The molecule has 1 amide bonds. The Hall–Kier alpha value is -0.480. The van der Waals surface area contributed by atoms with Crippen molar-refractivity contribution in [3.8, 4) is 0 Å². The molecule has 0 saturated heterocycles. The molecule has 1 aliphatic rings. The molecule has 1 saturated carbocycles. The lowest BCUT2D eigenvalue weighted by molar-refractivity contribution is -0.120. The molecule has 1 fully saturated rings. The van der Waals surface area contributed by atoms with Crippen molar-refractivity contribution in [1.29, 1.82) is 0 Å². The van der Waals surface area contributed by atoms with Crippen LogP contribution in [-0.4, -0.2) is 5.91 Å². The molecule has 2 rings (SSSR count). The summed E-state index contributed by atoms with van der Waals surface area (Å²) in [4.78, 5) is 11.4. The minimum absolute atomic E-state index is 0.127. The molecule has 116 valence electrons. The van der Waals surface area contributed by atoms with E-state index in [1.54, 1.807) is 12.1 Å². The van der Waals surface area contributed by atoms with Crippen molar-refractivity contribution in [3.63, 3.8) is 0 Å². The van der Waals surface area contributed by atoms with Crippen LogP contribution >= 0.6 is 34.8 Å². The Bertz CT molecular complexity index is 519. The SMILES string of the molecule is NC(=O)CC1(CC(N)c2c(Cl)cc(Cl)cc2Cl)CCCC1. The second kappa shape index (κ2) is 6.74. The number of hydrogen-bond acceptors (Lipinski definition) is 2. The number of carbonyl (C=O) groups excluding carboxylic acids is 1. The predicted molar refractivity (Wildman–Crippen MR) is 87.7 cm³/mol. The first-order valence-electron chi connectivity index (χ1n) is 7.01. The van der Waals surface area contributed by atoms with E-state index in [1.165, 1.54) is 0 Å². The van der Waals surface area contributed by atoms with Gasteiger partial charge in [0.2, 0.25) is 5.91 Å². The van der Waals surface area contributed by atoms with Crippen LogP contribution in [0.1, 0.15) is 50.1 Å². The van der Waals surface area contributed by atoms with E-state index in [0.29, 0.717) is 33.5 Å². The van der Waals surface area contributed by atoms with Crippen LogP contribution in [0.4, 0.5) is 0 Å². The minimum atomic E-state index is -0.334. The fourth-order valence-electron chi connectivity index (χ4n) is 3.42. The fourth-order valence-corrected chi connectivity index (χ4v) is 4.52. The van der Waals surface area contributed by atoms with E-state index in [9.17, 15) is 4.79 Å². The molecule has 1 aromatic rings. The lowest BCUT2D eigenvalue weighted by Crippen LogP contribution is -2.29. The molecule has 1 aromatic carbocycles. The van der Waals surface area contributed by atoms with Crippen molar-refractivity contribution in [3.05, 3.63) is 32.8 Å². The molecule has 0 radical (unpaired) electrons. The molecule has 4 N–H and O–H groups in total. The molecule has 21 heavy (non-hydrogen) atoms. The van der Waals surface area contributed by atoms with Crippen molar-refractivity contribution in [1.82, 2.24) is 0 Å². The van der Waals surface area contributed by atoms with Gasteiger partial charge in [-0.2, -0.15) is 0 Å². The quantitative estimate of drug-likeness (QED) is 0.823. The van der Waals surface area contributed by atoms with Gasteiger partial charge in [0, 0.05) is 33.1 Å². The lowest BCUT2D eigenvalue weighted by atomic mass is 9.76. The van der Waals surface area contributed by atoms with Crippen LogP contribution in [0.15, 0.2) is 12.1 Å². The highest BCUT2D eigenvalue weighted by molar-refractivity contribution is 6.39. The molecular weight excluding hydrogens is 331 g/mol. The van der Waals surface area contributed by atoms with Crippen LogP contribution in [0, 0.1) is 5.41 Å². The van der Waals surface area contributed by atoms with Gasteiger partial charge in [-0.15, -0.1) is 0 Å². The summed E-state index contributed by atoms with van der Waals surface area (Å²) < 4.78 is 0. The molecule has 1 atom stereocenters. The maximum Gasteiger partial charge on any atom is 0.217 e. The van der Waals surface area contributed by atoms with Crippen molar-refractivity contribution in [2.24, 2.45) is 16.9 Å². The van der Waals surface area contributed by atoms with Gasteiger partial charge in [-0.3, -0.25) is 4.79 Å². The van der Waals surface area contributed by atoms with Crippen LogP contribution in [0.3, 0.4) is 0 Å². The Morgan fingerprint density at radius 2 is 1.71 bits per heavy atom. The zero-order valence-electron chi connectivity index (χ0n) is 11.7. The van der Waals surface area contributed by atoms with E-state index in [-0.39, 0.29) is 17.4 Å². The highest BCUT2D eigenvalue weighted by atomic mass is 35.5. The zero-order valence-corrected chi connectivity index (χ0v) is 13.9. The van der Waals surface area contributed by atoms with Gasteiger partial charge in [-0.05, 0) is 36.8 Å². The van der Waals surface area contributed by atoms with Crippen molar-refractivity contribution in [2.45, 2.75) is 44.6 Å². The second-order valence-electron chi connectivity index (χ2n) is 5.94. The highest BCUT2D eigenvalue weighted by Gasteiger charge is 2.37. The molecule has 6 heteroatoms. The van der Waals surface area contributed by atoms with Gasteiger partial charge >= 0.3 is 0 Å². The van der Waals surface area contributed by atoms with Gasteiger partial charge in [-0.25, -0.2) is 0 Å². The summed E-state index contributed by atoms with van der Waals surface area (Å²) in [7, 11) is 0. The van der Waals surface area contributed by atoms with E-state index in [0.717, 1.165) is 25.7 Å². The van der Waals surface area contributed by atoms with E-state index < -0.39 is 0 Å². The smallest absolute Gasteiger partial charge is 0.217 e. The van der Waals surface area contributed by atoms with Gasteiger partial charge in [0.1, 0.15) is 0 Å². The number of nitrogens with two attached hydrogens (primary N) is 2. The Morgan fingerprint density at radius 1 is 1.19 bits per heavy atom. The number of halogens is 3. The lowest BCUT2D eigenvalue weighted by Gasteiger charge is -2.31. The van der Waals surface area contributed by atoms with Crippen LogP contribution < -0.4 is 11.5 Å². The largest absolute Gasteiger partial charge is 0.370 e. The Labute approximate surface area is 139 Å². The average Bonchev–Trinajstić information content (AvgIpc) is 2.74. The van der Waals surface area contributed by atoms with Gasteiger partial charge < -0.3 is 11.5 Å². The molecule has 0 aromatic heterocycles. The third-order valence-corrected chi connectivity index (χ3v) is 5.12. The fraction of sp³-hybridized carbons (Fsp3) is 0.533. The van der Waals surface area contributed by atoms with Crippen LogP contribution in [0.2, 0.25) is 15.1 Å².